The van der Waals surface area contributed by atoms with Crippen molar-refractivity contribution in [3.05, 3.63) is 82.9 Å². The average molecular weight is 465 g/mol. The second kappa shape index (κ2) is 9.72. The van der Waals surface area contributed by atoms with Crippen LogP contribution in [0.15, 0.2) is 54.7 Å². The SMILES string of the molecule is COCCCN1C(=S)NC(c2ccccn2)C1c1cc(C)n(-c2cccc(C(=O)O)c2)c1C. The van der Waals surface area contributed by atoms with Gasteiger partial charge in [-0.1, -0.05) is 12.1 Å². The lowest BCUT2D eigenvalue weighted by atomic mass is 9.96. The first kappa shape index (κ1) is 22.9. The maximum atomic E-state index is 11.5. The highest BCUT2D eigenvalue weighted by molar-refractivity contribution is 7.80. The molecule has 172 valence electrons. The van der Waals surface area contributed by atoms with Gasteiger partial charge in [-0.05, 0) is 74.4 Å². The van der Waals surface area contributed by atoms with Gasteiger partial charge in [0.25, 0.3) is 0 Å². The molecule has 1 aromatic carbocycles. The molecule has 0 bridgehead atoms. The van der Waals surface area contributed by atoms with Crippen LogP contribution in [0.3, 0.4) is 0 Å². The molecule has 3 aromatic rings. The van der Waals surface area contributed by atoms with Crippen molar-refractivity contribution in [3.8, 4) is 5.69 Å². The summed E-state index contributed by atoms with van der Waals surface area (Å²) in [4.78, 5) is 18.3. The third-order valence-corrected chi connectivity index (χ3v) is 6.44. The molecule has 2 atom stereocenters. The summed E-state index contributed by atoms with van der Waals surface area (Å²) < 4.78 is 7.37. The highest BCUT2D eigenvalue weighted by atomic mass is 32.1. The fraction of sp³-hybridized carbons (Fsp3) is 0.320. The molecule has 0 aliphatic carbocycles. The number of rotatable bonds is 8. The largest absolute Gasteiger partial charge is 0.478 e. The first-order chi connectivity index (χ1) is 15.9. The number of methoxy groups -OCH3 is 1. The van der Waals surface area contributed by atoms with E-state index < -0.39 is 5.97 Å². The van der Waals surface area contributed by atoms with Crippen molar-refractivity contribution in [3.63, 3.8) is 0 Å². The standard InChI is InChI=1S/C25H28N4O3S/c1-16-14-20(17(2)29(16)19-9-6-8-18(15-19)24(30)31)23-22(21-10-4-5-11-26-21)27-25(33)28(23)12-7-13-32-3/h4-6,8-11,14-15,22-23H,7,12-13H2,1-3H3,(H,27,33)(H,30,31). The van der Waals surface area contributed by atoms with Crippen LogP contribution in [0, 0.1) is 13.8 Å². The molecule has 7 nitrogen and oxygen atoms in total. The van der Waals surface area contributed by atoms with Crippen LogP contribution in [0.1, 0.15) is 51.5 Å². The minimum absolute atomic E-state index is 0.0492. The molecular formula is C25H28N4O3S. The number of carboxylic acids is 1. The van der Waals surface area contributed by atoms with Gasteiger partial charge in [0.2, 0.25) is 0 Å². The zero-order valence-corrected chi connectivity index (χ0v) is 19.8. The Kier molecular flexibility index (Phi) is 6.76. The number of nitrogens with one attached hydrogen (secondary N) is 1. The molecule has 2 N–H and O–H groups in total. The number of nitrogens with zero attached hydrogens (tertiary/aromatic N) is 3. The summed E-state index contributed by atoms with van der Waals surface area (Å²) in [6.07, 6.45) is 2.65. The van der Waals surface area contributed by atoms with Crippen LogP contribution in [0.25, 0.3) is 5.69 Å². The summed E-state index contributed by atoms with van der Waals surface area (Å²) in [6.45, 7) is 5.52. The van der Waals surface area contributed by atoms with Crippen LogP contribution >= 0.6 is 12.2 Å². The summed E-state index contributed by atoms with van der Waals surface area (Å²) in [5.41, 5.74) is 5.22. The normalized spacial score (nSPS) is 17.9. The van der Waals surface area contributed by atoms with Gasteiger partial charge in [-0.15, -0.1) is 0 Å². The molecular weight excluding hydrogens is 436 g/mol. The number of carbonyl (C=O) groups is 1. The summed E-state index contributed by atoms with van der Waals surface area (Å²) in [7, 11) is 1.70. The average Bonchev–Trinajstić information content (AvgIpc) is 3.29. The van der Waals surface area contributed by atoms with E-state index in [1.165, 1.54) is 0 Å². The van der Waals surface area contributed by atoms with Crippen LogP contribution in [-0.4, -0.2) is 50.9 Å². The van der Waals surface area contributed by atoms with Crippen molar-refractivity contribution < 1.29 is 14.6 Å². The lowest BCUT2D eigenvalue weighted by Gasteiger charge is -2.28. The van der Waals surface area contributed by atoms with Crippen molar-refractivity contribution >= 4 is 23.3 Å². The number of aryl methyl sites for hydroxylation is 1. The third kappa shape index (κ3) is 4.49. The molecule has 3 heterocycles. The predicted molar refractivity (Wildman–Crippen MR) is 131 cm³/mol. The molecule has 1 fully saturated rings. The minimum atomic E-state index is -0.940. The van der Waals surface area contributed by atoms with Crippen LogP contribution in [-0.2, 0) is 4.74 Å². The van der Waals surface area contributed by atoms with Crippen molar-refractivity contribution in [2.24, 2.45) is 0 Å². The first-order valence-corrected chi connectivity index (χ1v) is 11.3. The number of ether oxygens (including phenoxy) is 1. The zero-order chi connectivity index (χ0) is 23.5. The second-order valence-electron chi connectivity index (χ2n) is 8.18. The zero-order valence-electron chi connectivity index (χ0n) is 19.0. The van der Waals surface area contributed by atoms with Gasteiger partial charge < -0.3 is 24.6 Å². The van der Waals surface area contributed by atoms with Crippen molar-refractivity contribution in [1.82, 2.24) is 19.8 Å². The Balaban J connectivity index is 1.79. The Morgan fingerprint density at radius 1 is 1.21 bits per heavy atom. The van der Waals surface area contributed by atoms with Gasteiger partial charge in [0, 0.05) is 43.5 Å². The Morgan fingerprint density at radius 3 is 2.73 bits per heavy atom. The Bertz CT molecular complexity index is 1160. The van der Waals surface area contributed by atoms with Crippen molar-refractivity contribution in [2.45, 2.75) is 32.4 Å². The molecule has 0 spiro atoms. The van der Waals surface area contributed by atoms with E-state index in [0.29, 0.717) is 11.7 Å². The number of benzene rings is 1. The molecule has 8 heteroatoms. The van der Waals surface area contributed by atoms with Gasteiger partial charge >= 0.3 is 5.97 Å². The fourth-order valence-corrected chi connectivity index (χ4v) is 4.96. The molecule has 4 rings (SSSR count). The van der Waals surface area contributed by atoms with E-state index in [2.05, 4.69) is 32.8 Å². The van der Waals surface area contributed by atoms with Gasteiger partial charge in [-0.25, -0.2) is 4.79 Å². The Hall–Kier alpha value is -3.23. The number of aromatic nitrogens is 2. The van der Waals surface area contributed by atoms with E-state index >= 15 is 0 Å². The maximum Gasteiger partial charge on any atom is 0.335 e. The van der Waals surface area contributed by atoms with Crippen LogP contribution in [0.4, 0.5) is 0 Å². The number of aromatic carboxylic acids is 1. The van der Waals surface area contributed by atoms with E-state index in [-0.39, 0.29) is 17.6 Å². The summed E-state index contributed by atoms with van der Waals surface area (Å²) in [5, 5.41) is 13.6. The maximum absolute atomic E-state index is 11.5. The number of hydrogen-bond donors (Lipinski definition) is 2. The van der Waals surface area contributed by atoms with Gasteiger partial charge in [0.1, 0.15) is 0 Å². The van der Waals surface area contributed by atoms with Gasteiger partial charge in [-0.2, -0.15) is 0 Å². The van der Waals surface area contributed by atoms with Crippen LogP contribution in [0.5, 0.6) is 0 Å². The highest BCUT2D eigenvalue weighted by Gasteiger charge is 2.41. The molecule has 2 aromatic heterocycles. The van der Waals surface area contributed by atoms with Crippen molar-refractivity contribution in [1.29, 1.82) is 0 Å². The lowest BCUT2D eigenvalue weighted by molar-refractivity contribution is 0.0697. The van der Waals surface area contributed by atoms with Gasteiger partial charge in [0.05, 0.1) is 23.3 Å². The van der Waals surface area contributed by atoms with E-state index in [4.69, 9.17) is 17.0 Å². The molecule has 2 unspecified atom stereocenters. The molecule has 1 aliphatic heterocycles. The predicted octanol–water partition coefficient (Wildman–Crippen LogP) is 4.20. The second-order valence-corrected chi connectivity index (χ2v) is 8.57. The molecule has 0 radical (unpaired) electrons. The van der Waals surface area contributed by atoms with Crippen LogP contribution in [0.2, 0.25) is 0 Å². The molecule has 33 heavy (non-hydrogen) atoms. The van der Waals surface area contributed by atoms with Gasteiger partial charge in [-0.3, -0.25) is 4.98 Å². The summed E-state index contributed by atoms with van der Waals surface area (Å²) in [6, 6.07) is 14.9. The lowest BCUT2D eigenvalue weighted by Crippen LogP contribution is -2.31. The number of hydrogen-bond acceptors (Lipinski definition) is 4. The molecule has 1 saturated heterocycles. The summed E-state index contributed by atoms with van der Waals surface area (Å²) >= 11 is 5.74. The van der Waals surface area contributed by atoms with Gasteiger partial charge in [0.15, 0.2) is 5.11 Å². The Morgan fingerprint density at radius 2 is 2.03 bits per heavy atom. The third-order valence-electron chi connectivity index (χ3n) is 6.09. The molecule has 1 aliphatic rings. The van der Waals surface area contributed by atoms with E-state index in [9.17, 15) is 9.90 Å². The fourth-order valence-electron chi connectivity index (χ4n) is 4.63. The van der Waals surface area contributed by atoms with E-state index in [0.717, 1.165) is 41.3 Å². The van der Waals surface area contributed by atoms with Crippen LogP contribution < -0.4 is 5.32 Å². The number of carboxylic acid groups (broad SMARTS) is 1. The highest BCUT2D eigenvalue weighted by Crippen LogP contribution is 2.41. The Labute approximate surface area is 199 Å². The molecule has 0 saturated carbocycles. The minimum Gasteiger partial charge on any atom is -0.478 e. The topological polar surface area (TPSA) is 79.6 Å². The monoisotopic (exact) mass is 464 g/mol. The molecule has 0 amide bonds. The quantitative estimate of drug-likeness (QED) is 0.382. The van der Waals surface area contributed by atoms with E-state index in [1.54, 1.807) is 31.5 Å². The first-order valence-electron chi connectivity index (χ1n) is 10.9. The summed E-state index contributed by atoms with van der Waals surface area (Å²) in [5.74, 6) is -0.940. The number of pyridine rings is 1. The van der Waals surface area contributed by atoms with E-state index in [1.807, 2.05) is 31.2 Å². The van der Waals surface area contributed by atoms with Crippen molar-refractivity contribution in [2.75, 3.05) is 20.3 Å². The smallest absolute Gasteiger partial charge is 0.335 e. The number of thiocarbonyl (C=S) groups is 1.